The van der Waals surface area contributed by atoms with Crippen molar-refractivity contribution >= 4 is 40.6 Å². The van der Waals surface area contributed by atoms with Crippen molar-refractivity contribution in [2.45, 2.75) is 10.6 Å². The molecule has 0 fully saturated rings. The summed E-state index contributed by atoms with van der Waals surface area (Å²) in [6.07, 6.45) is 3.09. The highest BCUT2D eigenvalue weighted by atomic mass is 32.2. The summed E-state index contributed by atoms with van der Waals surface area (Å²) in [7, 11) is 0. The number of nitrogens with one attached hydrogen (secondary N) is 3. The maximum Gasteiger partial charge on any atom is 0.251 e. The van der Waals surface area contributed by atoms with Crippen LogP contribution in [0.25, 0.3) is 0 Å². The molecule has 2 amide bonds. The summed E-state index contributed by atoms with van der Waals surface area (Å²) in [5.74, 6) is 0.209. The van der Waals surface area contributed by atoms with Gasteiger partial charge in [-0.25, -0.2) is 0 Å². The lowest BCUT2D eigenvalue weighted by atomic mass is 10.1. The van der Waals surface area contributed by atoms with Crippen LogP contribution in [0.15, 0.2) is 57.6 Å². The van der Waals surface area contributed by atoms with E-state index in [2.05, 4.69) is 22.0 Å². The van der Waals surface area contributed by atoms with E-state index in [9.17, 15) is 9.59 Å². The number of hydrogen-bond donors (Lipinski definition) is 3. The second kappa shape index (κ2) is 9.56. The van der Waals surface area contributed by atoms with Gasteiger partial charge in [0.05, 0.1) is 9.96 Å². The van der Waals surface area contributed by atoms with Gasteiger partial charge in [0.1, 0.15) is 0 Å². The quantitative estimate of drug-likeness (QED) is 0.504. The van der Waals surface area contributed by atoms with Crippen molar-refractivity contribution in [1.82, 2.24) is 10.6 Å². The van der Waals surface area contributed by atoms with Crippen LogP contribution in [-0.2, 0) is 4.79 Å². The highest BCUT2D eigenvalue weighted by Crippen LogP contribution is 2.23. The van der Waals surface area contributed by atoms with Crippen molar-refractivity contribution in [2.24, 2.45) is 0 Å². The Morgan fingerprint density at radius 2 is 2.04 bits per heavy atom. The topological polar surface area (TPSA) is 70.2 Å². The summed E-state index contributed by atoms with van der Waals surface area (Å²) >= 11 is 3.14. The summed E-state index contributed by atoms with van der Waals surface area (Å²) in [5.41, 5.74) is 2.54. The third-order valence-electron chi connectivity index (χ3n) is 3.91. The van der Waals surface area contributed by atoms with E-state index in [0.717, 1.165) is 23.7 Å². The maximum absolute atomic E-state index is 12.2. The van der Waals surface area contributed by atoms with Crippen molar-refractivity contribution in [3.8, 4) is 0 Å². The minimum absolute atomic E-state index is 0.0570. The molecule has 1 aliphatic rings. The zero-order valence-corrected chi connectivity index (χ0v) is 15.9. The molecular formula is C19H21N3O2S2. The fourth-order valence-electron chi connectivity index (χ4n) is 2.51. The second-order valence-corrected chi connectivity index (χ2v) is 8.07. The van der Waals surface area contributed by atoms with Gasteiger partial charge < -0.3 is 16.0 Å². The van der Waals surface area contributed by atoms with Gasteiger partial charge in [-0.3, -0.25) is 9.59 Å². The largest absolute Gasteiger partial charge is 0.348 e. The first-order valence-electron chi connectivity index (χ1n) is 8.44. The summed E-state index contributed by atoms with van der Waals surface area (Å²) in [6, 6.07) is 10.9. The normalized spacial score (nSPS) is 13.8. The number of anilines is 1. The Kier molecular flexibility index (Phi) is 6.88. The minimum atomic E-state index is -0.101. The molecule has 26 heavy (non-hydrogen) atoms. The molecule has 0 unspecified atom stereocenters. The van der Waals surface area contributed by atoms with E-state index in [1.54, 1.807) is 35.6 Å². The number of rotatable bonds is 7. The van der Waals surface area contributed by atoms with Crippen LogP contribution in [0.4, 0.5) is 5.69 Å². The molecule has 5 nitrogen and oxygen atoms in total. The molecule has 3 rings (SSSR count). The summed E-state index contributed by atoms with van der Waals surface area (Å²) < 4.78 is 1.12. The van der Waals surface area contributed by atoms with Crippen LogP contribution < -0.4 is 16.0 Å². The van der Waals surface area contributed by atoms with Crippen LogP contribution in [0.5, 0.6) is 0 Å². The first-order chi connectivity index (χ1) is 12.7. The Hall–Kier alpha value is -2.09. The van der Waals surface area contributed by atoms with Gasteiger partial charge in [0, 0.05) is 24.3 Å². The SMILES string of the molecule is O=C(CSc1cccs1)Nc1ccc(C(=O)NCC2=CCNCC2)cc1. The fraction of sp³-hybridized carbons (Fsp3) is 0.263. The number of carbonyl (C=O) groups is 2. The third-order valence-corrected chi connectivity index (χ3v) is 6.04. The number of thioether (sulfide) groups is 1. The van der Waals surface area contributed by atoms with Crippen LogP contribution in [0, 0.1) is 0 Å². The highest BCUT2D eigenvalue weighted by Gasteiger charge is 2.09. The van der Waals surface area contributed by atoms with Gasteiger partial charge in [0.2, 0.25) is 5.91 Å². The number of thiophene rings is 1. The van der Waals surface area contributed by atoms with Crippen LogP contribution in [0.3, 0.4) is 0 Å². The molecule has 2 aromatic rings. The van der Waals surface area contributed by atoms with E-state index in [1.165, 1.54) is 17.3 Å². The van der Waals surface area contributed by atoms with Crippen molar-refractivity contribution < 1.29 is 9.59 Å². The number of hydrogen-bond acceptors (Lipinski definition) is 5. The van der Waals surface area contributed by atoms with Crippen LogP contribution in [0.2, 0.25) is 0 Å². The molecule has 7 heteroatoms. The fourth-order valence-corrected chi connectivity index (χ4v) is 4.09. The molecule has 2 heterocycles. The smallest absolute Gasteiger partial charge is 0.251 e. The van der Waals surface area contributed by atoms with Crippen molar-refractivity contribution in [3.05, 3.63) is 59.0 Å². The van der Waals surface area contributed by atoms with E-state index >= 15 is 0 Å². The Morgan fingerprint density at radius 3 is 2.73 bits per heavy atom. The van der Waals surface area contributed by atoms with E-state index in [0.29, 0.717) is 23.5 Å². The summed E-state index contributed by atoms with van der Waals surface area (Å²) in [5, 5.41) is 11.0. The lowest BCUT2D eigenvalue weighted by molar-refractivity contribution is -0.113. The average Bonchev–Trinajstić information content (AvgIpc) is 3.19. The van der Waals surface area contributed by atoms with Gasteiger partial charge in [0.15, 0.2) is 0 Å². The number of amides is 2. The molecule has 0 saturated heterocycles. The Morgan fingerprint density at radius 1 is 1.19 bits per heavy atom. The molecule has 3 N–H and O–H groups in total. The molecule has 0 saturated carbocycles. The first kappa shape index (κ1) is 18.7. The molecule has 136 valence electrons. The molecular weight excluding hydrogens is 366 g/mol. The molecule has 0 spiro atoms. The molecule has 1 aliphatic heterocycles. The average molecular weight is 388 g/mol. The van der Waals surface area contributed by atoms with Crippen LogP contribution in [0.1, 0.15) is 16.8 Å². The van der Waals surface area contributed by atoms with E-state index in [-0.39, 0.29) is 11.8 Å². The zero-order chi connectivity index (χ0) is 18.2. The highest BCUT2D eigenvalue weighted by molar-refractivity contribution is 8.01. The lowest BCUT2D eigenvalue weighted by Gasteiger charge is -2.14. The van der Waals surface area contributed by atoms with Gasteiger partial charge >= 0.3 is 0 Å². The number of carbonyl (C=O) groups excluding carboxylic acids is 2. The minimum Gasteiger partial charge on any atom is -0.348 e. The Bertz CT molecular complexity index is 771. The predicted octanol–water partition coefficient (Wildman–Crippen LogP) is 3.13. The summed E-state index contributed by atoms with van der Waals surface area (Å²) in [6.45, 7) is 2.41. The first-order valence-corrected chi connectivity index (χ1v) is 10.3. The molecule has 1 aromatic carbocycles. The van der Waals surface area contributed by atoms with Crippen molar-refractivity contribution in [1.29, 1.82) is 0 Å². The predicted molar refractivity (Wildman–Crippen MR) is 108 cm³/mol. The molecule has 0 atom stereocenters. The zero-order valence-electron chi connectivity index (χ0n) is 14.3. The second-order valence-electron chi connectivity index (χ2n) is 5.85. The van der Waals surface area contributed by atoms with Crippen molar-refractivity contribution in [2.75, 3.05) is 30.7 Å². The number of benzene rings is 1. The van der Waals surface area contributed by atoms with E-state index in [1.807, 2.05) is 17.5 Å². The summed E-state index contributed by atoms with van der Waals surface area (Å²) in [4.78, 5) is 24.2. The van der Waals surface area contributed by atoms with Gasteiger partial charge in [-0.15, -0.1) is 23.1 Å². The molecule has 0 radical (unpaired) electrons. The van der Waals surface area contributed by atoms with Gasteiger partial charge in [-0.2, -0.15) is 0 Å². The standard InChI is InChI=1S/C19H21N3O2S2/c23-17(13-26-18-2-1-11-25-18)22-16-5-3-15(4-6-16)19(24)21-12-14-7-9-20-10-8-14/h1-7,11,20H,8-10,12-13H2,(H,21,24)(H,22,23). The van der Waals surface area contributed by atoms with Crippen LogP contribution in [-0.4, -0.2) is 37.2 Å². The van der Waals surface area contributed by atoms with Gasteiger partial charge in [-0.1, -0.05) is 17.7 Å². The molecule has 0 bridgehead atoms. The molecule has 1 aromatic heterocycles. The van der Waals surface area contributed by atoms with E-state index in [4.69, 9.17) is 0 Å². The third kappa shape index (κ3) is 5.72. The Balaban J connectivity index is 1.45. The van der Waals surface area contributed by atoms with E-state index < -0.39 is 0 Å². The van der Waals surface area contributed by atoms with Gasteiger partial charge in [0.25, 0.3) is 5.91 Å². The monoisotopic (exact) mass is 387 g/mol. The maximum atomic E-state index is 12.2. The lowest BCUT2D eigenvalue weighted by Crippen LogP contribution is -2.29. The van der Waals surface area contributed by atoms with Gasteiger partial charge in [-0.05, 0) is 48.7 Å². The molecule has 0 aliphatic carbocycles. The van der Waals surface area contributed by atoms with Crippen molar-refractivity contribution in [3.63, 3.8) is 0 Å². The Labute approximate surface area is 161 Å². The van der Waals surface area contributed by atoms with Crippen LogP contribution >= 0.6 is 23.1 Å².